The van der Waals surface area contributed by atoms with E-state index in [1.807, 2.05) is 0 Å². The second kappa shape index (κ2) is 12.9. The fourth-order valence-electron chi connectivity index (χ4n) is 2.53. The molecule has 2 aromatic heterocycles. The summed E-state index contributed by atoms with van der Waals surface area (Å²) >= 11 is 3.12. The Bertz CT molecular complexity index is 1250. The molecule has 36 heavy (non-hydrogen) atoms. The van der Waals surface area contributed by atoms with Crippen LogP contribution in [0.2, 0.25) is 0 Å². The van der Waals surface area contributed by atoms with Crippen LogP contribution >= 0.6 is 15.9 Å². The van der Waals surface area contributed by atoms with Crippen molar-refractivity contribution in [3.63, 3.8) is 0 Å². The first kappa shape index (κ1) is 28.6. The average molecular weight is 575 g/mol. The molecule has 0 radical (unpaired) electrons. The number of benzene rings is 2. The van der Waals surface area contributed by atoms with E-state index in [-0.39, 0.29) is 11.1 Å². The summed E-state index contributed by atoms with van der Waals surface area (Å²) in [6.45, 7) is 0. The standard InChI is InChI=1S/C11H6F3NO.C6H5BF2O3.C5H3BrFN/c12-8-3-7(16)4-9(13)11(8)6-1-2-10(14)15-5-6;8-4-1-3(10)2-5(9)6(4)7(11)12;6-4-1-2-5(7)8-3-4/h1-5,16H;1-2,10-12H;1-3H. The van der Waals surface area contributed by atoms with Crippen molar-refractivity contribution in [2.45, 2.75) is 0 Å². The van der Waals surface area contributed by atoms with Crippen molar-refractivity contribution in [3.8, 4) is 22.6 Å². The molecule has 0 bridgehead atoms. The monoisotopic (exact) mass is 574 g/mol. The van der Waals surface area contributed by atoms with Gasteiger partial charge in [0.15, 0.2) is 0 Å². The van der Waals surface area contributed by atoms with Crippen molar-refractivity contribution in [2.24, 2.45) is 0 Å². The first-order valence-corrected chi connectivity index (χ1v) is 10.3. The molecule has 0 spiro atoms. The van der Waals surface area contributed by atoms with Crippen molar-refractivity contribution in [3.05, 3.63) is 101 Å². The number of rotatable bonds is 2. The van der Waals surface area contributed by atoms with E-state index in [2.05, 4.69) is 25.9 Å². The lowest BCUT2D eigenvalue weighted by atomic mass is 9.79. The lowest BCUT2D eigenvalue weighted by Crippen LogP contribution is -2.35. The summed E-state index contributed by atoms with van der Waals surface area (Å²) < 4.78 is 77.3. The van der Waals surface area contributed by atoms with Crippen LogP contribution in [0.15, 0.2) is 65.4 Å². The molecule has 6 nitrogen and oxygen atoms in total. The number of pyridine rings is 2. The zero-order chi connectivity index (χ0) is 27.0. The molecule has 14 heteroatoms. The molecule has 4 aromatic rings. The molecule has 0 fully saturated rings. The van der Waals surface area contributed by atoms with E-state index >= 15 is 0 Å². The summed E-state index contributed by atoms with van der Waals surface area (Å²) in [4.78, 5) is 6.66. The highest BCUT2D eigenvalue weighted by Crippen LogP contribution is 2.28. The Hall–Kier alpha value is -3.62. The van der Waals surface area contributed by atoms with Gasteiger partial charge in [0.1, 0.15) is 34.8 Å². The Labute approximate surface area is 208 Å². The summed E-state index contributed by atoms with van der Waals surface area (Å²) in [7, 11) is -2.22. The van der Waals surface area contributed by atoms with Crippen LogP contribution in [-0.4, -0.2) is 37.3 Å². The van der Waals surface area contributed by atoms with E-state index in [4.69, 9.17) is 20.3 Å². The Morgan fingerprint density at radius 2 is 1.08 bits per heavy atom. The van der Waals surface area contributed by atoms with Crippen molar-refractivity contribution in [1.29, 1.82) is 0 Å². The lowest BCUT2D eigenvalue weighted by Gasteiger charge is -2.05. The van der Waals surface area contributed by atoms with Crippen molar-refractivity contribution in [2.75, 3.05) is 0 Å². The average Bonchev–Trinajstić information content (AvgIpc) is 2.76. The number of phenols is 2. The molecular weight excluding hydrogens is 561 g/mol. The second-order valence-electron chi connectivity index (χ2n) is 6.65. The molecule has 0 saturated carbocycles. The Morgan fingerprint density at radius 1 is 0.639 bits per heavy atom. The van der Waals surface area contributed by atoms with Gasteiger partial charge in [-0.25, -0.2) is 27.5 Å². The van der Waals surface area contributed by atoms with E-state index in [9.17, 15) is 26.3 Å². The minimum absolute atomic E-state index is 0.108. The summed E-state index contributed by atoms with van der Waals surface area (Å²) in [5.74, 6) is -6.53. The summed E-state index contributed by atoms with van der Waals surface area (Å²) in [6.07, 6.45) is 2.43. The van der Waals surface area contributed by atoms with Gasteiger partial charge in [-0.3, -0.25) is 0 Å². The Balaban J connectivity index is 0.000000202. The van der Waals surface area contributed by atoms with Crippen LogP contribution in [0.4, 0.5) is 26.3 Å². The smallest absolute Gasteiger partial charge is 0.494 e. The molecule has 4 N–H and O–H groups in total. The van der Waals surface area contributed by atoms with Gasteiger partial charge in [-0.1, -0.05) is 0 Å². The predicted octanol–water partition coefficient (Wildman–Crippen LogP) is 4.20. The number of aromatic hydroxyl groups is 2. The molecule has 0 atom stereocenters. The van der Waals surface area contributed by atoms with Crippen LogP contribution < -0.4 is 5.46 Å². The SMILES string of the molecule is Fc1ccc(Br)cn1.OB(O)c1c(F)cc(O)cc1F.Oc1cc(F)c(-c2ccc(F)nc2)c(F)c1. The number of phenolic OH excluding ortho intramolecular Hbond substituents is 2. The van der Waals surface area contributed by atoms with Gasteiger partial charge in [0.05, 0.1) is 11.0 Å². The number of halogens is 7. The molecule has 4 rings (SSSR count). The van der Waals surface area contributed by atoms with Gasteiger partial charge in [-0.05, 0) is 40.2 Å². The van der Waals surface area contributed by atoms with Crippen LogP contribution in [-0.2, 0) is 0 Å². The van der Waals surface area contributed by atoms with Gasteiger partial charge in [-0.15, -0.1) is 0 Å². The number of hydrogen-bond acceptors (Lipinski definition) is 6. The molecule has 0 aliphatic carbocycles. The van der Waals surface area contributed by atoms with Gasteiger partial charge in [0.25, 0.3) is 0 Å². The van der Waals surface area contributed by atoms with Gasteiger partial charge in [0, 0.05) is 46.7 Å². The first-order chi connectivity index (χ1) is 16.9. The minimum atomic E-state index is -2.22. The van der Waals surface area contributed by atoms with Crippen LogP contribution in [0.25, 0.3) is 11.1 Å². The topological polar surface area (TPSA) is 107 Å². The van der Waals surface area contributed by atoms with Gasteiger partial charge in [0.2, 0.25) is 11.9 Å². The molecule has 0 aliphatic heterocycles. The van der Waals surface area contributed by atoms with Crippen molar-refractivity contribution >= 4 is 28.5 Å². The molecule has 2 aromatic carbocycles. The molecule has 2 heterocycles. The quantitative estimate of drug-likeness (QED) is 0.162. The van der Waals surface area contributed by atoms with Crippen molar-refractivity contribution in [1.82, 2.24) is 9.97 Å². The highest BCUT2D eigenvalue weighted by Gasteiger charge is 2.22. The van der Waals surface area contributed by atoms with E-state index in [1.54, 1.807) is 6.07 Å². The molecule has 188 valence electrons. The zero-order valence-electron chi connectivity index (χ0n) is 17.7. The molecular formula is C22H14BBrF6N2O4. The second-order valence-corrected chi connectivity index (χ2v) is 7.57. The van der Waals surface area contributed by atoms with Crippen LogP contribution in [0.3, 0.4) is 0 Å². The fraction of sp³-hybridized carbons (Fsp3) is 0. The minimum Gasteiger partial charge on any atom is -0.508 e. The van der Waals surface area contributed by atoms with Gasteiger partial charge in [-0.2, -0.15) is 8.78 Å². The highest BCUT2D eigenvalue weighted by atomic mass is 79.9. The summed E-state index contributed by atoms with van der Waals surface area (Å²) in [5.41, 5.74) is -1.10. The third-order valence-corrected chi connectivity index (χ3v) is 4.53. The van der Waals surface area contributed by atoms with E-state index < -0.39 is 59.2 Å². The first-order valence-electron chi connectivity index (χ1n) is 9.50. The molecule has 0 amide bonds. The number of nitrogens with zero attached hydrogens (tertiary/aromatic N) is 2. The van der Waals surface area contributed by atoms with Gasteiger partial charge >= 0.3 is 7.12 Å². The lowest BCUT2D eigenvalue weighted by molar-refractivity contribution is 0.417. The summed E-state index contributed by atoms with van der Waals surface area (Å²) in [6, 6.07) is 7.85. The van der Waals surface area contributed by atoms with Crippen LogP contribution in [0.5, 0.6) is 11.5 Å². The zero-order valence-corrected chi connectivity index (χ0v) is 19.3. The van der Waals surface area contributed by atoms with E-state index in [0.717, 1.165) is 28.9 Å². The van der Waals surface area contributed by atoms with E-state index in [0.29, 0.717) is 12.1 Å². The molecule has 0 aliphatic rings. The maximum atomic E-state index is 13.4. The highest BCUT2D eigenvalue weighted by molar-refractivity contribution is 9.10. The molecule has 0 saturated heterocycles. The van der Waals surface area contributed by atoms with E-state index in [1.165, 1.54) is 18.3 Å². The van der Waals surface area contributed by atoms with Gasteiger partial charge < -0.3 is 20.3 Å². The number of aromatic nitrogens is 2. The maximum Gasteiger partial charge on any atom is 0.494 e. The Kier molecular flexibility index (Phi) is 10.3. The third kappa shape index (κ3) is 8.25. The largest absolute Gasteiger partial charge is 0.508 e. The maximum absolute atomic E-state index is 13.4. The Morgan fingerprint density at radius 3 is 1.44 bits per heavy atom. The third-order valence-electron chi connectivity index (χ3n) is 4.06. The normalized spacial score (nSPS) is 10.0. The number of hydrogen-bond donors (Lipinski definition) is 4. The van der Waals surface area contributed by atoms with Crippen LogP contribution in [0, 0.1) is 35.2 Å². The summed E-state index contributed by atoms with van der Waals surface area (Å²) in [5, 5.41) is 34.6. The fourth-order valence-corrected chi connectivity index (χ4v) is 2.77. The van der Waals surface area contributed by atoms with Crippen molar-refractivity contribution < 1.29 is 46.6 Å². The molecule has 0 unspecified atom stereocenters. The predicted molar refractivity (Wildman–Crippen MR) is 121 cm³/mol. The van der Waals surface area contributed by atoms with Crippen LogP contribution in [0.1, 0.15) is 0 Å².